The Kier molecular flexibility index (Phi) is 4.15. The van der Waals surface area contributed by atoms with E-state index in [-0.39, 0.29) is 4.90 Å². The number of nitrogens with zero attached hydrogens (tertiary/aromatic N) is 3. The zero-order chi connectivity index (χ0) is 15.6. The minimum absolute atomic E-state index is 0.174. The van der Waals surface area contributed by atoms with Crippen molar-refractivity contribution < 1.29 is 13.2 Å². The van der Waals surface area contributed by atoms with Gasteiger partial charge in [-0.25, -0.2) is 0 Å². The molecule has 1 aliphatic carbocycles. The molecule has 0 N–H and O–H groups in total. The molecular weight excluding hydrogens is 302 g/mol. The fourth-order valence-electron chi connectivity index (χ4n) is 2.82. The van der Waals surface area contributed by atoms with Crippen LogP contribution in [-0.4, -0.2) is 29.9 Å². The van der Waals surface area contributed by atoms with Crippen molar-refractivity contribution in [3.63, 3.8) is 0 Å². The topological polar surface area (TPSA) is 74.1 Å². The Bertz CT molecular complexity index is 732. The highest BCUT2D eigenvalue weighted by atomic mass is 32.2. The van der Waals surface area contributed by atoms with E-state index in [1.165, 1.54) is 38.5 Å². The maximum atomic E-state index is 12.5. The summed E-state index contributed by atoms with van der Waals surface area (Å²) in [6.07, 6.45) is 7.25. The van der Waals surface area contributed by atoms with Crippen LogP contribution >= 0.6 is 0 Å². The monoisotopic (exact) mass is 321 g/mol. The SMILES string of the molecule is COc1ccc(S(=O)(=O)n2cc(C3CCCCC3)nn2)cc1. The minimum Gasteiger partial charge on any atom is -0.497 e. The van der Waals surface area contributed by atoms with Crippen molar-refractivity contribution in [2.24, 2.45) is 0 Å². The molecule has 1 saturated carbocycles. The van der Waals surface area contributed by atoms with Crippen molar-refractivity contribution in [2.75, 3.05) is 7.11 Å². The lowest BCUT2D eigenvalue weighted by Gasteiger charge is -2.18. The van der Waals surface area contributed by atoms with Crippen LogP contribution in [-0.2, 0) is 10.0 Å². The van der Waals surface area contributed by atoms with Gasteiger partial charge < -0.3 is 4.74 Å². The van der Waals surface area contributed by atoms with E-state index in [1.807, 2.05) is 0 Å². The van der Waals surface area contributed by atoms with Gasteiger partial charge in [0, 0.05) is 5.92 Å². The van der Waals surface area contributed by atoms with Gasteiger partial charge in [-0.05, 0) is 37.1 Å². The predicted octanol–water partition coefficient (Wildman–Crippen LogP) is 2.57. The second-order valence-corrected chi connectivity index (χ2v) is 7.33. The van der Waals surface area contributed by atoms with Gasteiger partial charge in [-0.2, -0.15) is 8.42 Å². The summed E-state index contributed by atoms with van der Waals surface area (Å²) >= 11 is 0. The first-order chi connectivity index (χ1) is 10.6. The average molecular weight is 321 g/mol. The first-order valence-electron chi connectivity index (χ1n) is 7.43. The molecular formula is C15H19N3O3S. The first-order valence-corrected chi connectivity index (χ1v) is 8.87. The third-order valence-electron chi connectivity index (χ3n) is 4.12. The zero-order valence-electron chi connectivity index (χ0n) is 12.5. The molecule has 0 aliphatic heterocycles. The lowest BCUT2D eigenvalue weighted by molar-refractivity contribution is 0.414. The molecule has 0 bridgehead atoms. The third-order valence-corrected chi connectivity index (χ3v) is 5.66. The molecule has 2 aromatic rings. The normalized spacial score (nSPS) is 16.6. The van der Waals surface area contributed by atoms with Gasteiger partial charge in [0.05, 0.1) is 23.9 Å². The van der Waals surface area contributed by atoms with Crippen molar-refractivity contribution in [1.29, 1.82) is 0 Å². The van der Waals surface area contributed by atoms with E-state index < -0.39 is 10.0 Å². The molecule has 0 saturated heterocycles. The van der Waals surface area contributed by atoms with E-state index in [2.05, 4.69) is 10.3 Å². The second-order valence-electron chi connectivity index (χ2n) is 5.53. The Morgan fingerprint density at radius 2 is 1.82 bits per heavy atom. The van der Waals surface area contributed by atoms with Crippen molar-refractivity contribution in [3.8, 4) is 5.75 Å². The van der Waals surface area contributed by atoms with Gasteiger partial charge in [-0.15, -0.1) is 9.19 Å². The lowest BCUT2D eigenvalue weighted by atomic mass is 9.87. The smallest absolute Gasteiger partial charge is 0.284 e. The van der Waals surface area contributed by atoms with Gasteiger partial charge in [0.15, 0.2) is 0 Å². The molecule has 118 valence electrons. The number of aromatic nitrogens is 3. The quantitative estimate of drug-likeness (QED) is 0.865. The Morgan fingerprint density at radius 3 is 2.45 bits per heavy atom. The van der Waals surface area contributed by atoms with Gasteiger partial charge in [-0.1, -0.05) is 24.5 Å². The number of methoxy groups -OCH3 is 1. The zero-order valence-corrected chi connectivity index (χ0v) is 13.3. The molecule has 1 aromatic heterocycles. The molecule has 1 fully saturated rings. The molecule has 7 heteroatoms. The summed E-state index contributed by atoms with van der Waals surface area (Å²) in [7, 11) is -2.16. The van der Waals surface area contributed by atoms with Crippen LogP contribution in [0.5, 0.6) is 5.75 Å². The third kappa shape index (κ3) is 2.85. The van der Waals surface area contributed by atoms with Crippen LogP contribution < -0.4 is 4.74 Å². The maximum Gasteiger partial charge on any atom is 0.284 e. The number of benzene rings is 1. The maximum absolute atomic E-state index is 12.5. The van der Waals surface area contributed by atoms with E-state index in [0.29, 0.717) is 11.7 Å². The predicted molar refractivity (Wildman–Crippen MR) is 81.4 cm³/mol. The van der Waals surface area contributed by atoms with Crippen LogP contribution in [0.2, 0.25) is 0 Å². The summed E-state index contributed by atoms with van der Waals surface area (Å²) in [4.78, 5) is 0.174. The number of hydrogen-bond acceptors (Lipinski definition) is 5. The minimum atomic E-state index is -3.69. The summed E-state index contributed by atoms with van der Waals surface area (Å²) in [6, 6.07) is 6.25. The Hall–Kier alpha value is -1.89. The molecule has 3 rings (SSSR count). The van der Waals surface area contributed by atoms with E-state index in [9.17, 15) is 8.42 Å². The second kappa shape index (κ2) is 6.08. The molecule has 0 spiro atoms. The van der Waals surface area contributed by atoms with Crippen LogP contribution in [0.1, 0.15) is 43.7 Å². The molecule has 0 radical (unpaired) electrons. The van der Waals surface area contributed by atoms with Crippen LogP contribution in [0.3, 0.4) is 0 Å². The number of rotatable bonds is 4. The van der Waals surface area contributed by atoms with Gasteiger partial charge in [0.1, 0.15) is 5.75 Å². The van der Waals surface area contributed by atoms with E-state index in [4.69, 9.17) is 4.74 Å². The van der Waals surface area contributed by atoms with Crippen LogP contribution in [0, 0.1) is 0 Å². The van der Waals surface area contributed by atoms with Crippen LogP contribution in [0.25, 0.3) is 0 Å². The summed E-state index contributed by atoms with van der Waals surface area (Å²) in [5.41, 5.74) is 0.775. The fraction of sp³-hybridized carbons (Fsp3) is 0.467. The number of ether oxygens (including phenoxy) is 1. The van der Waals surface area contributed by atoms with E-state index >= 15 is 0 Å². The van der Waals surface area contributed by atoms with Crippen molar-refractivity contribution in [2.45, 2.75) is 42.9 Å². The van der Waals surface area contributed by atoms with Crippen LogP contribution in [0.4, 0.5) is 0 Å². The molecule has 1 aromatic carbocycles. The Balaban J connectivity index is 1.87. The highest BCUT2D eigenvalue weighted by Gasteiger charge is 2.23. The molecule has 0 amide bonds. The molecule has 1 aliphatic rings. The number of hydrogen-bond donors (Lipinski definition) is 0. The standard InChI is InChI=1S/C15H19N3O3S/c1-21-13-7-9-14(10-8-13)22(19,20)18-11-15(16-17-18)12-5-3-2-4-6-12/h7-12H,2-6H2,1H3. The molecule has 6 nitrogen and oxygen atoms in total. The molecule has 1 heterocycles. The van der Waals surface area contributed by atoms with Crippen LogP contribution in [0.15, 0.2) is 35.4 Å². The Labute approximate surface area is 130 Å². The summed E-state index contributed by atoms with van der Waals surface area (Å²) in [5, 5.41) is 7.90. The van der Waals surface area contributed by atoms with Gasteiger partial charge >= 0.3 is 0 Å². The van der Waals surface area contributed by atoms with Crippen molar-refractivity contribution in [3.05, 3.63) is 36.2 Å². The van der Waals surface area contributed by atoms with E-state index in [0.717, 1.165) is 22.6 Å². The van der Waals surface area contributed by atoms with Gasteiger partial charge in [0.2, 0.25) is 0 Å². The first kappa shape index (κ1) is 15.0. The van der Waals surface area contributed by atoms with Crippen molar-refractivity contribution >= 4 is 10.0 Å². The molecule has 0 atom stereocenters. The summed E-state index contributed by atoms with van der Waals surface area (Å²) in [6.45, 7) is 0. The average Bonchev–Trinajstić information content (AvgIpc) is 3.06. The molecule has 0 unspecified atom stereocenters. The van der Waals surface area contributed by atoms with Crippen molar-refractivity contribution in [1.82, 2.24) is 14.4 Å². The summed E-state index contributed by atoms with van der Waals surface area (Å²) in [5.74, 6) is 0.939. The highest BCUT2D eigenvalue weighted by Crippen LogP contribution is 2.31. The lowest BCUT2D eigenvalue weighted by Crippen LogP contribution is -2.13. The van der Waals surface area contributed by atoms with E-state index in [1.54, 1.807) is 18.3 Å². The fourth-order valence-corrected chi connectivity index (χ4v) is 3.89. The van der Waals surface area contributed by atoms with Gasteiger partial charge in [0.25, 0.3) is 10.0 Å². The Morgan fingerprint density at radius 1 is 1.14 bits per heavy atom. The molecule has 22 heavy (non-hydrogen) atoms. The highest BCUT2D eigenvalue weighted by molar-refractivity contribution is 7.89. The largest absolute Gasteiger partial charge is 0.497 e. The summed E-state index contributed by atoms with van der Waals surface area (Å²) < 4.78 is 31.1. The van der Waals surface area contributed by atoms with Gasteiger partial charge in [-0.3, -0.25) is 0 Å².